The van der Waals surface area contributed by atoms with Crippen molar-refractivity contribution in [3.05, 3.63) is 12.2 Å². The number of hydrogen-bond donors (Lipinski definition) is 1. The fraction of sp³-hybridized carbons (Fsp3) is 0.667. The molecule has 5 heteroatoms. The molecule has 0 bridgehead atoms. The van der Waals surface area contributed by atoms with Gasteiger partial charge in [-0.25, -0.2) is 0 Å². The molecule has 110 valence electrons. The Balaban J connectivity index is 1.76. The largest absolute Gasteiger partial charge is 0.356 e. The molecular formula is C15H22N2O3. The van der Waals surface area contributed by atoms with Crippen molar-refractivity contribution in [3.8, 4) is 0 Å². The topological polar surface area (TPSA) is 66.5 Å². The summed E-state index contributed by atoms with van der Waals surface area (Å²) >= 11 is 0. The maximum atomic E-state index is 11.9. The zero-order chi connectivity index (χ0) is 14.5. The van der Waals surface area contributed by atoms with Gasteiger partial charge in [-0.05, 0) is 38.0 Å². The van der Waals surface area contributed by atoms with Crippen LogP contribution in [-0.2, 0) is 14.4 Å². The summed E-state index contributed by atoms with van der Waals surface area (Å²) in [6, 6.07) is 0. The molecule has 0 spiro atoms. The fourth-order valence-corrected chi connectivity index (χ4v) is 2.87. The van der Waals surface area contributed by atoms with Crippen LogP contribution in [0.3, 0.4) is 0 Å². The lowest BCUT2D eigenvalue weighted by molar-refractivity contribution is -0.138. The van der Waals surface area contributed by atoms with Crippen LogP contribution in [-0.4, -0.2) is 35.7 Å². The zero-order valence-corrected chi connectivity index (χ0v) is 11.9. The Morgan fingerprint density at radius 2 is 1.80 bits per heavy atom. The Morgan fingerprint density at radius 1 is 1.20 bits per heavy atom. The normalized spacial score (nSPS) is 26.1. The Labute approximate surface area is 119 Å². The summed E-state index contributed by atoms with van der Waals surface area (Å²) in [7, 11) is 0. The van der Waals surface area contributed by atoms with Gasteiger partial charge in [0.15, 0.2) is 0 Å². The van der Waals surface area contributed by atoms with Crippen molar-refractivity contribution in [2.75, 3.05) is 13.1 Å². The second-order valence-electron chi connectivity index (χ2n) is 5.63. The molecule has 0 aromatic heterocycles. The SMILES string of the molecule is CCCNC(=O)C1CCC(CN2C(=O)C=CC2=O)CC1. The highest BCUT2D eigenvalue weighted by molar-refractivity contribution is 6.12. The van der Waals surface area contributed by atoms with E-state index in [0.717, 1.165) is 38.6 Å². The van der Waals surface area contributed by atoms with Crippen molar-refractivity contribution in [2.24, 2.45) is 11.8 Å². The summed E-state index contributed by atoms with van der Waals surface area (Å²) in [6.45, 7) is 3.27. The fourth-order valence-electron chi connectivity index (χ4n) is 2.87. The van der Waals surface area contributed by atoms with E-state index in [1.807, 2.05) is 6.92 Å². The Bertz CT molecular complexity index is 405. The van der Waals surface area contributed by atoms with Crippen LogP contribution >= 0.6 is 0 Å². The third-order valence-corrected chi connectivity index (χ3v) is 4.11. The number of carbonyl (C=O) groups excluding carboxylic acids is 3. The molecule has 0 aromatic rings. The summed E-state index contributed by atoms with van der Waals surface area (Å²) in [5, 5.41) is 2.94. The van der Waals surface area contributed by atoms with Crippen LogP contribution < -0.4 is 5.32 Å². The molecule has 0 unspecified atom stereocenters. The van der Waals surface area contributed by atoms with Gasteiger partial charge >= 0.3 is 0 Å². The molecule has 1 heterocycles. The van der Waals surface area contributed by atoms with Crippen molar-refractivity contribution >= 4 is 17.7 Å². The van der Waals surface area contributed by atoms with E-state index in [4.69, 9.17) is 0 Å². The predicted molar refractivity (Wildman–Crippen MR) is 74.6 cm³/mol. The van der Waals surface area contributed by atoms with E-state index >= 15 is 0 Å². The molecule has 1 saturated carbocycles. The van der Waals surface area contributed by atoms with Gasteiger partial charge < -0.3 is 5.32 Å². The number of nitrogens with one attached hydrogen (secondary N) is 1. The summed E-state index contributed by atoms with van der Waals surface area (Å²) in [4.78, 5) is 36.2. The molecule has 1 aliphatic carbocycles. The Kier molecular flexibility index (Phi) is 4.93. The van der Waals surface area contributed by atoms with Gasteiger partial charge in [-0.1, -0.05) is 6.92 Å². The molecule has 0 saturated heterocycles. The van der Waals surface area contributed by atoms with Crippen LogP contribution in [0, 0.1) is 11.8 Å². The molecule has 0 radical (unpaired) electrons. The summed E-state index contributed by atoms with van der Waals surface area (Å²) in [5.41, 5.74) is 0. The van der Waals surface area contributed by atoms with E-state index in [0.29, 0.717) is 12.5 Å². The monoisotopic (exact) mass is 278 g/mol. The van der Waals surface area contributed by atoms with Crippen LogP contribution in [0.2, 0.25) is 0 Å². The summed E-state index contributed by atoms with van der Waals surface area (Å²) < 4.78 is 0. The Hall–Kier alpha value is -1.65. The first-order chi connectivity index (χ1) is 9.61. The van der Waals surface area contributed by atoms with E-state index in [1.165, 1.54) is 17.1 Å². The lowest BCUT2D eigenvalue weighted by Gasteiger charge is -2.29. The van der Waals surface area contributed by atoms with Gasteiger partial charge in [0.25, 0.3) is 11.8 Å². The first kappa shape index (κ1) is 14.8. The van der Waals surface area contributed by atoms with Crippen molar-refractivity contribution in [3.63, 3.8) is 0 Å². The molecule has 0 aromatic carbocycles. The second kappa shape index (κ2) is 6.68. The molecule has 1 fully saturated rings. The molecule has 5 nitrogen and oxygen atoms in total. The minimum Gasteiger partial charge on any atom is -0.356 e. The van der Waals surface area contributed by atoms with Gasteiger partial charge in [0.05, 0.1) is 0 Å². The highest BCUT2D eigenvalue weighted by Crippen LogP contribution is 2.30. The number of carbonyl (C=O) groups is 3. The lowest BCUT2D eigenvalue weighted by atomic mass is 9.81. The van der Waals surface area contributed by atoms with E-state index in [1.54, 1.807) is 0 Å². The smallest absolute Gasteiger partial charge is 0.253 e. The standard InChI is InChI=1S/C15H22N2O3/c1-2-9-16-15(20)12-5-3-11(4-6-12)10-17-13(18)7-8-14(17)19/h7-8,11-12H,2-6,9-10H2,1H3,(H,16,20). The molecule has 2 aliphatic rings. The molecule has 2 rings (SSSR count). The average Bonchev–Trinajstić information content (AvgIpc) is 2.77. The number of hydrogen-bond acceptors (Lipinski definition) is 3. The number of imide groups is 1. The molecule has 1 N–H and O–H groups in total. The van der Waals surface area contributed by atoms with Crippen LogP contribution in [0.4, 0.5) is 0 Å². The van der Waals surface area contributed by atoms with E-state index in [-0.39, 0.29) is 23.6 Å². The van der Waals surface area contributed by atoms with Crippen LogP contribution in [0.5, 0.6) is 0 Å². The van der Waals surface area contributed by atoms with Crippen molar-refractivity contribution < 1.29 is 14.4 Å². The first-order valence-corrected chi connectivity index (χ1v) is 7.43. The zero-order valence-electron chi connectivity index (χ0n) is 11.9. The highest BCUT2D eigenvalue weighted by Gasteiger charge is 2.30. The number of rotatable bonds is 5. The molecule has 20 heavy (non-hydrogen) atoms. The van der Waals surface area contributed by atoms with Crippen molar-refractivity contribution in [2.45, 2.75) is 39.0 Å². The Morgan fingerprint density at radius 3 is 2.35 bits per heavy atom. The maximum Gasteiger partial charge on any atom is 0.253 e. The van der Waals surface area contributed by atoms with Gasteiger partial charge in [-0.3, -0.25) is 19.3 Å². The maximum absolute atomic E-state index is 11.9. The van der Waals surface area contributed by atoms with Gasteiger partial charge in [-0.15, -0.1) is 0 Å². The van der Waals surface area contributed by atoms with E-state index in [9.17, 15) is 14.4 Å². The van der Waals surface area contributed by atoms with Crippen LogP contribution in [0.1, 0.15) is 39.0 Å². The summed E-state index contributed by atoms with van der Waals surface area (Å²) in [5.74, 6) is 0.162. The quantitative estimate of drug-likeness (QED) is 0.770. The van der Waals surface area contributed by atoms with Gasteiger partial charge in [0, 0.05) is 31.2 Å². The van der Waals surface area contributed by atoms with Crippen LogP contribution in [0.25, 0.3) is 0 Å². The van der Waals surface area contributed by atoms with Crippen molar-refractivity contribution in [1.82, 2.24) is 10.2 Å². The van der Waals surface area contributed by atoms with Crippen molar-refractivity contribution in [1.29, 1.82) is 0 Å². The minimum atomic E-state index is -0.210. The summed E-state index contributed by atoms with van der Waals surface area (Å²) in [6.07, 6.45) is 7.11. The third-order valence-electron chi connectivity index (χ3n) is 4.11. The van der Waals surface area contributed by atoms with Gasteiger partial charge in [-0.2, -0.15) is 0 Å². The molecule has 3 amide bonds. The number of amides is 3. The molecular weight excluding hydrogens is 256 g/mol. The van der Waals surface area contributed by atoms with Gasteiger partial charge in [0.2, 0.25) is 5.91 Å². The first-order valence-electron chi connectivity index (χ1n) is 7.43. The average molecular weight is 278 g/mol. The second-order valence-corrected chi connectivity index (χ2v) is 5.63. The predicted octanol–water partition coefficient (Wildman–Crippen LogP) is 1.24. The molecule has 1 aliphatic heterocycles. The van der Waals surface area contributed by atoms with E-state index in [2.05, 4.69) is 5.32 Å². The number of nitrogens with zero attached hydrogens (tertiary/aromatic N) is 1. The van der Waals surface area contributed by atoms with Crippen LogP contribution in [0.15, 0.2) is 12.2 Å². The minimum absolute atomic E-state index is 0.0981. The highest BCUT2D eigenvalue weighted by atomic mass is 16.2. The third kappa shape index (κ3) is 3.46. The van der Waals surface area contributed by atoms with E-state index < -0.39 is 0 Å². The lowest BCUT2D eigenvalue weighted by Crippen LogP contribution is -2.38. The van der Waals surface area contributed by atoms with Gasteiger partial charge in [0.1, 0.15) is 0 Å². The molecule has 0 atom stereocenters.